The Morgan fingerprint density at radius 3 is 2.32 bits per heavy atom. The zero-order chi connectivity index (χ0) is 27.6. The van der Waals surface area contributed by atoms with E-state index in [1.807, 2.05) is 19.1 Å². The summed E-state index contributed by atoms with van der Waals surface area (Å²) >= 11 is 12.2. The van der Waals surface area contributed by atoms with Gasteiger partial charge in [-0.05, 0) is 55.7 Å². The number of ether oxygens (including phenoxy) is 1. The van der Waals surface area contributed by atoms with Crippen LogP contribution >= 0.6 is 23.2 Å². The normalized spacial score (nSPS) is 12.1. The number of hydrogen-bond donors (Lipinski definition) is 1. The number of carbonyl (C=O) groups excluding carboxylic acids is 2. The van der Waals surface area contributed by atoms with Gasteiger partial charge in [0.1, 0.15) is 11.8 Å². The number of halogens is 2. The van der Waals surface area contributed by atoms with E-state index in [4.69, 9.17) is 27.9 Å². The van der Waals surface area contributed by atoms with E-state index < -0.39 is 16.1 Å². The molecule has 8 nitrogen and oxygen atoms in total. The van der Waals surface area contributed by atoms with Crippen molar-refractivity contribution in [3.05, 3.63) is 58.1 Å². The van der Waals surface area contributed by atoms with Gasteiger partial charge in [-0.3, -0.25) is 13.9 Å². The van der Waals surface area contributed by atoms with Crippen LogP contribution in [0.5, 0.6) is 5.75 Å². The predicted molar refractivity (Wildman–Crippen MR) is 149 cm³/mol. The summed E-state index contributed by atoms with van der Waals surface area (Å²) in [6.45, 7) is 4.56. The lowest BCUT2D eigenvalue weighted by Crippen LogP contribution is -2.47. The molecule has 0 aromatic heterocycles. The first-order valence-electron chi connectivity index (χ1n) is 12.1. The molecule has 2 rings (SSSR count). The van der Waals surface area contributed by atoms with E-state index >= 15 is 0 Å². The third kappa shape index (κ3) is 9.39. The molecule has 1 N–H and O–H groups in total. The number of benzene rings is 2. The number of methoxy groups -OCH3 is 1. The van der Waals surface area contributed by atoms with Crippen LogP contribution in [0.1, 0.15) is 45.1 Å². The van der Waals surface area contributed by atoms with Crippen molar-refractivity contribution in [1.82, 2.24) is 10.2 Å². The molecule has 1 unspecified atom stereocenters. The second-order valence-electron chi connectivity index (χ2n) is 8.73. The maximum Gasteiger partial charge on any atom is 0.242 e. The molecule has 0 radical (unpaired) electrons. The maximum absolute atomic E-state index is 13.3. The van der Waals surface area contributed by atoms with Crippen LogP contribution in [0.15, 0.2) is 42.5 Å². The van der Waals surface area contributed by atoms with Crippen LogP contribution in [0.2, 0.25) is 10.0 Å². The Bertz CT molecular complexity index is 1160. The van der Waals surface area contributed by atoms with Gasteiger partial charge in [0.2, 0.25) is 21.8 Å². The van der Waals surface area contributed by atoms with Gasteiger partial charge in [-0.15, -0.1) is 0 Å². The average molecular weight is 573 g/mol. The fourth-order valence-electron chi connectivity index (χ4n) is 3.72. The van der Waals surface area contributed by atoms with Crippen LogP contribution in [0, 0.1) is 0 Å². The zero-order valence-corrected chi connectivity index (χ0v) is 24.0. The molecule has 2 aromatic rings. The minimum absolute atomic E-state index is 0.0517. The standard InChI is InChI=1S/C26H35Cl2N3O5S/c1-5-6-15-29-26(33)19(2)30(18-20-9-11-21(27)12-10-20)25(32)8-7-16-31(37(4,34)35)22-13-14-24(36-3)23(28)17-22/h9-14,17,19H,5-8,15-16,18H2,1-4H3,(H,29,33). The van der Waals surface area contributed by atoms with Gasteiger partial charge in [0.15, 0.2) is 0 Å². The number of sulfonamides is 1. The van der Waals surface area contributed by atoms with Gasteiger partial charge in [-0.25, -0.2) is 8.42 Å². The molecule has 11 heteroatoms. The first-order valence-corrected chi connectivity index (χ1v) is 14.7. The van der Waals surface area contributed by atoms with Crippen molar-refractivity contribution in [3.63, 3.8) is 0 Å². The number of carbonyl (C=O) groups is 2. The molecular weight excluding hydrogens is 537 g/mol. The quantitative estimate of drug-likeness (QED) is 0.326. The van der Waals surface area contributed by atoms with Crippen molar-refractivity contribution in [2.45, 2.75) is 52.1 Å². The van der Waals surface area contributed by atoms with Gasteiger partial charge in [0, 0.05) is 31.1 Å². The molecule has 0 aliphatic rings. The monoisotopic (exact) mass is 571 g/mol. The van der Waals surface area contributed by atoms with E-state index in [2.05, 4.69) is 5.32 Å². The first-order chi connectivity index (χ1) is 17.5. The number of hydrogen-bond acceptors (Lipinski definition) is 5. The van der Waals surface area contributed by atoms with E-state index in [-0.39, 0.29) is 42.8 Å². The zero-order valence-electron chi connectivity index (χ0n) is 21.7. The summed E-state index contributed by atoms with van der Waals surface area (Å²) in [5, 5.41) is 3.73. The van der Waals surface area contributed by atoms with E-state index in [9.17, 15) is 18.0 Å². The van der Waals surface area contributed by atoms with Crippen molar-refractivity contribution < 1.29 is 22.7 Å². The number of unbranched alkanes of at least 4 members (excludes halogenated alkanes) is 1. The lowest BCUT2D eigenvalue weighted by molar-refractivity contribution is -0.140. The molecule has 0 bridgehead atoms. The summed E-state index contributed by atoms with van der Waals surface area (Å²) < 4.78 is 31.3. The fraction of sp³-hybridized carbons (Fsp3) is 0.462. The molecule has 0 saturated carbocycles. The molecule has 0 saturated heterocycles. The molecule has 37 heavy (non-hydrogen) atoms. The van der Waals surface area contributed by atoms with E-state index in [0.29, 0.717) is 23.0 Å². The SMILES string of the molecule is CCCCNC(=O)C(C)N(Cc1ccc(Cl)cc1)C(=O)CCCN(c1ccc(OC)c(Cl)c1)S(C)(=O)=O. The summed E-state index contributed by atoms with van der Waals surface area (Å²) in [5.74, 6) is -0.0613. The Morgan fingerprint density at radius 1 is 1.08 bits per heavy atom. The average Bonchev–Trinajstić information content (AvgIpc) is 2.85. The fourth-order valence-corrected chi connectivity index (χ4v) is 5.05. The summed E-state index contributed by atoms with van der Waals surface area (Å²) in [7, 11) is -2.16. The predicted octanol–water partition coefficient (Wildman–Crippen LogP) is 4.88. The summed E-state index contributed by atoms with van der Waals surface area (Å²) in [4.78, 5) is 27.6. The van der Waals surface area contributed by atoms with Crippen LogP contribution in [0.3, 0.4) is 0 Å². The molecule has 0 fully saturated rings. The van der Waals surface area contributed by atoms with Crippen molar-refractivity contribution >= 4 is 50.7 Å². The second kappa shape index (κ2) is 14.4. The van der Waals surface area contributed by atoms with Crippen molar-refractivity contribution in [3.8, 4) is 5.75 Å². The summed E-state index contributed by atoms with van der Waals surface area (Å²) in [6.07, 6.45) is 3.19. The molecular formula is C26H35Cl2N3O5S. The molecule has 0 heterocycles. The molecule has 2 amide bonds. The molecule has 204 valence electrons. The van der Waals surface area contributed by atoms with Crippen LogP contribution in [-0.2, 0) is 26.2 Å². The van der Waals surface area contributed by atoms with Gasteiger partial charge in [0.05, 0.1) is 24.1 Å². The number of amides is 2. The smallest absolute Gasteiger partial charge is 0.242 e. The third-order valence-corrected chi connectivity index (χ3v) is 7.58. The highest BCUT2D eigenvalue weighted by Gasteiger charge is 2.26. The Balaban J connectivity index is 2.16. The molecule has 1 atom stereocenters. The van der Waals surface area contributed by atoms with Gasteiger partial charge < -0.3 is 15.0 Å². The maximum atomic E-state index is 13.3. The lowest BCUT2D eigenvalue weighted by Gasteiger charge is -2.29. The van der Waals surface area contributed by atoms with Gasteiger partial charge in [-0.2, -0.15) is 0 Å². The topological polar surface area (TPSA) is 96.0 Å². The number of nitrogens with zero attached hydrogens (tertiary/aromatic N) is 2. The number of rotatable bonds is 14. The van der Waals surface area contributed by atoms with Crippen LogP contribution in [0.4, 0.5) is 5.69 Å². The minimum atomic E-state index is -3.64. The minimum Gasteiger partial charge on any atom is -0.495 e. The summed E-state index contributed by atoms with van der Waals surface area (Å²) in [5.41, 5.74) is 1.21. The largest absolute Gasteiger partial charge is 0.495 e. The van der Waals surface area contributed by atoms with Crippen molar-refractivity contribution in [2.24, 2.45) is 0 Å². The number of nitrogens with one attached hydrogen (secondary N) is 1. The van der Waals surface area contributed by atoms with Gasteiger partial charge >= 0.3 is 0 Å². The molecule has 0 spiro atoms. The van der Waals surface area contributed by atoms with Crippen LogP contribution in [-0.4, -0.2) is 57.6 Å². The third-order valence-electron chi connectivity index (χ3n) is 5.84. The van der Waals surface area contributed by atoms with E-state index in [0.717, 1.165) is 24.7 Å². The summed E-state index contributed by atoms with van der Waals surface area (Å²) in [6, 6.07) is 11.1. The molecule has 0 aliphatic carbocycles. The highest BCUT2D eigenvalue weighted by Crippen LogP contribution is 2.30. The first kappa shape index (κ1) is 30.7. The Kier molecular flexibility index (Phi) is 12.0. The van der Waals surface area contributed by atoms with E-state index in [1.165, 1.54) is 22.4 Å². The van der Waals surface area contributed by atoms with Crippen LogP contribution < -0.4 is 14.4 Å². The Labute approximate surface area is 229 Å². The number of anilines is 1. The van der Waals surface area contributed by atoms with E-state index in [1.54, 1.807) is 31.2 Å². The van der Waals surface area contributed by atoms with Crippen LogP contribution in [0.25, 0.3) is 0 Å². The van der Waals surface area contributed by atoms with Crippen molar-refractivity contribution in [2.75, 3.05) is 30.8 Å². The van der Waals surface area contributed by atoms with Gasteiger partial charge in [0.25, 0.3) is 0 Å². The Morgan fingerprint density at radius 2 is 1.76 bits per heavy atom. The van der Waals surface area contributed by atoms with Gasteiger partial charge in [-0.1, -0.05) is 48.7 Å². The van der Waals surface area contributed by atoms with Crippen molar-refractivity contribution in [1.29, 1.82) is 0 Å². The highest BCUT2D eigenvalue weighted by atomic mass is 35.5. The Hall–Kier alpha value is -2.49. The highest BCUT2D eigenvalue weighted by molar-refractivity contribution is 7.92. The lowest BCUT2D eigenvalue weighted by atomic mass is 10.1. The molecule has 0 aliphatic heterocycles. The molecule has 2 aromatic carbocycles. The second-order valence-corrected chi connectivity index (χ2v) is 11.5.